The van der Waals surface area contributed by atoms with E-state index in [4.69, 9.17) is 14.2 Å². The molecule has 0 aliphatic heterocycles. The van der Waals surface area contributed by atoms with E-state index in [9.17, 15) is 4.79 Å². The fraction of sp³-hybridized carbons (Fsp3) is 0.174. The molecule has 6 heteroatoms. The van der Waals surface area contributed by atoms with Crippen LogP contribution in [0.25, 0.3) is 0 Å². The van der Waals surface area contributed by atoms with E-state index in [2.05, 4.69) is 10.6 Å². The molecule has 0 spiro atoms. The quantitative estimate of drug-likeness (QED) is 0.540. The van der Waals surface area contributed by atoms with Crippen molar-refractivity contribution in [2.75, 3.05) is 31.4 Å². The molecular formula is C23H24N2O4. The van der Waals surface area contributed by atoms with Crippen LogP contribution in [0.2, 0.25) is 0 Å². The first-order chi connectivity index (χ1) is 14.2. The van der Waals surface area contributed by atoms with Gasteiger partial charge in [0.1, 0.15) is 5.75 Å². The van der Waals surface area contributed by atoms with E-state index in [1.165, 1.54) is 0 Å². The minimum absolute atomic E-state index is 0.105. The van der Waals surface area contributed by atoms with Crippen LogP contribution < -0.4 is 24.8 Å². The number of carbonyl (C=O) groups is 1. The van der Waals surface area contributed by atoms with Gasteiger partial charge in [0.05, 0.1) is 19.9 Å². The number of hydrogen-bond acceptors (Lipinski definition) is 5. The van der Waals surface area contributed by atoms with E-state index in [1.54, 1.807) is 32.4 Å². The molecule has 1 amide bonds. The molecule has 0 saturated carbocycles. The van der Waals surface area contributed by atoms with Crippen LogP contribution in [-0.2, 0) is 4.79 Å². The van der Waals surface area contributed by atoms with Gasteiger partial charge in [-0.2, -0.15) is 0 Å². The maximum absolute atomic E-state index is 12.3. The van der Waals surface area contributed by atoms with E-state index >= 15 is 0 Å². The van der Waals surface area contributed by atoms with Crippen LogP contribution in [0, 0.1) is 0 Å². The molecule has 3 aromatic rings. The molecule has 150 valence electrons. The minimum Gasteiger partial charge on any atom is -0.493 e. The molecule has 0 aliphatic carbocycles. The summed E-state index contributed by atoms with van der Waals surface area (Å²) in [6, 6.07) is 22.5. The lowest BCUT2D eigenvalue weighted by molar-refractivity contribution is -0.115. The molecule has 0 aliphatic rings. The number of methoxy groups -OCH3 is 2. The van der Waals surface area contributed by atoms with Crippen LogP contribution in [0.5, 0.6) is 23.0 Å². The van der Waals surface area contributed by atoms with Crippen LogP contribution in [0.3, 0.4) is 0 Å². The topological polar surface area (TPSA) is 68.8 Å². The first-order valence-corrected chi connectivity index (χ1v) is 9.27. The average molecular weight is 392 g/mol. The highest BCUT2D eigenvalue weighted by Crippen LogP contribution is 2.30. The normalized spacial score (nSPS) is 10.1. The largest absolute Gasteiger partial charge is 0.493 e. The van der Waals surface area contributed by atoms with E-state index in [0.29, 0.717) is 35.9 Å². The molecule has 29 heavy (non-hydrogen) atoms. The zero-order valence-corrected chi connectivity index (χ0v) is 16.5. The zero-order chi connectivity index (χ0) is 20.5. The lowest BCUT2D eigenvalue weighted by atomic mass is 10.2. The predicted octanol–water partition coefficient (Wildman–Crippen LogP) is 4.94. The number of amides is 1. The maximum atomic E-state index is 12.3. The molecule has 3 aromatic carbocycles. The molecule has 0 fully saturated rings. The van der Waals surface area contributed by atoms with Crippen molar-refractivity contribution in [2.45, 2.75) is 6.42 Å². The van der Waals surface area contributed by atoms with Crippen molar-refractivity contribution in [1.82, 2.24) is 0 Å². The fourth-order valence-electron chi connectivity index (χ4n) is 2.77. The molecular weight excluding hydrogens is 368 g/mol. The second-order valence-corrected chi connectivity index (χ2v) is 6.21. The van der Waals surface area contributed by atoms with Crippen molar-refractivity contribution < 1.29 is 19.0 Å². The summed E-state index contributed by atoms with van der Waals surface area (Å²) in [5, 5.41) is 6.12. The Morgan fingerprint density at radius 3 is 2.31 bits per heavy atom. The first kappa shape index (κ1) is 20.1. The number of hydrogen-bond donors (Lipinski definition) is 2. The van der Waals surface area contributed by atoms with E-state index < -0.39 is 0 Å². The Morgan fingerprint density at radius 1 is 0.828 bits per heavy atom. The molecule has 0 heterocycles. The van der Waals surface area contributed by atoms with Gasteiger partial charge in [0.2, 0.25) is 5.91 Å². The van der Waals surface area contributed by atoms with Gasteiger partial charge in [-0.1, -0.05) is 30.3 Å². The van der Waals surface area contributed by atoms with Gasteiger partial charge in [-0.05, 0) is 36.4 Å². The third kappa shape index (κ3) is 5.65. The number of ether oxygens (including phenoxy) is 3. The van der Waals surface area contributed by atoms with Gasteiger partial charge in [0.25, 0.3) is 0 Å². The zero-order valence-electron chi connectivity index (χ0n) is 16.5. The summed E-state index contributed by atoms with van der Waals surface area (Å²) in [5.74, 6) is 2.54. The van der Waals surface area contributed by atoms with Gasteiger partial charge < -0.3 is 24.8 Å². The molecule has 0 radical (unpaired) electrons. The van der Waals surface area contributed by atoms with Crippen molar-refractivity contribution in [3.8, 4) is 23.0 Å². The Hall–Kier alpha value is -3.67. The van der Waals surface area contributed by atoms with Crippen molar-refractivity contribution in [2.24, 2.45) is 0 Å². The summed E-state index contributed by atoms with van der Waals surface area (Å²) in [6.07, 6.45) is 0.300. The first-order valence-electron chi connectivity index (χ1n) is 9.27. The second-order valence-electron chi connectivity index (χ2n) is 6.21. The van der Waals surface area contributed by atoms with Crippen LogP contribution in [0.1, 0.15) is 6.42 Å². The van der Waals surface area contributed by atoms with Crippen LogP contribution in [0.15, 0.2) is 72.8 Å². The summed E-state index contributed by atoms with van der Waals surface area (Å²) in [6.45, 7) is 0.467. The lowest BCUT2D eigenvalue weighted by Gasteiger charge is -2.13. The number of benzene rings is 3. The molecule has 0 saturated heterocycles. The fourth-order valence-corrected chi connectivity index (χ4v) is 2.77. The molecule has 0 unspecified atom stereocenters. The van der Waals surface area contributed by atoms with Gasteiger partial charge in [-0.25, -0.2) is 0 Å². The number of nitrogens with one attached hydrogen (secondary N) is 2. The van der Waals surface area contributed by atoms with E-state index in [0.717, 1.165) is 11.4 Å². The van der Waals surface area contributed by atoms with Crippen LogP contribution in [-0.4, -0.2) is 26.7 Å². The monoisotopic (exact) mass is 392 g/mol. The molecule has 0 aromatic heterocycles. The predicted molar refractivity (Wildman–Crippen MR) is 114 cm³/mol. The summed E-state index contributed by atoms with van der Waals surface area (Å²) in [4.78, 5) is 12.3. The smallest absolute Gasteiger partial charge is 0.226 e. The Bertz CT molecular complexity index is 945. The number of rotatable bonds is 9. The Balaban J connectivity index is 1.54. The lowest BCUT2D eigenvalue weighted by Crippen LogP contribution is -2.16. The third-order valence-electron chi connectivity index (χ3n) is 4.19. The Morgan fingerprint density at radius 2 is 1.55 bits per heavy atom. The molecule has 0 atom stereocenters. The van der Waals surface area contributed by atoms with Crippen molar-refractivity contribution in [3.05, 3.63) is 72.8 Å². The average Bonchev–Trinajstić information content (AvgIpc) is 2.75. The van der Waals surface area contributed by atoms with Crippen molar-refractivity contribution in [1.29, 1.82) is 0 Å². The third-order valence-corrected chi connectivity index (χ3v) is 4.19. The number of anilines is 2. The highest BCUT2D eigenvalue weighted by molar-refractivity contribution is 5.91. The van der Waals surface area contributed by atoms with Crippen molar-refractivity contribution >= 4 is 17.3 Å². The van der Waals surface area contributed by atoms with Gasteiger partial charge in [-0.15, -0.1) is 0 Å². The summed E-state index contributed by atoms with van der Waals surface area (Å²) >= 11 is 0. The van der Waals surface area contributed by atoms with Gasteiger partial charge >= 0.3 is 0 Å². The summed E-state index contributed by atoms with van der Waals surface area (Å²) < 4.78 is 16.4. The Kier molecular flexibility index (Phi) is 6.95. The maximum Gasteiger partial charge on any atom is 0.226 e. The van der Waals surface area contributed by atoms with Gasteiger partial charge in [-0.3, -0.25) is 4.79 Å². The highest BCUT2D eigenvalue weighted by atomic mass is 16.5. The van der Waals surface area contributed by atoms with Gasteiger partial charge in [0, 0.05) is 24.7 Å². The van der Waals surface area contributed by atoms with Crippen LogP contribution in [0.4, 0.5) is 11.4 Å². The SMILES string of the molecule is COc1ccc(NC(=O)CCNc2ccccc2Oc2ccccc2)cc1OC. The molecule has 0 bridgehead atoms. The minimum atomic E-state index is -0.105. The van der Waals surface area contributed by atoms with Crippen molar-refractivity contribution in [3.63, 3.8) is 0 Å². The van der Waals surface area contributed by atoms with Crippen LogP contribution >= 0.6 is 0 Å². The summed E-state index contributed by atoms with van der Waals surface area (Å²) in [5.41, 5.74) is 1.48. The Labute approximate surface area is 170 Å². The second kappa shape index (κ2) is 10.0. The molecule has 3 rings (SSSR count). The standard InChI is InChI=1S/C23H24N2O4/c1-27-21-13-12-17(16-22(21)28-2)25-23(26)14-15-24-19-10-6-7-11-20(19)29-18-8-4-3-5-9-18/h3-13,16,24H,14-15H2,1-2H3,(H,25,26). The molecule has 2 N–H and O–H groups in total. The number of carbonyl (C=O) groups excluding carboxylic acids is 1. The van der Waals surface area contributed by atoms with E-state index in [-0.39, 0.29) is 5.91 Å². The highest BCUT2D eigenvalue weighted by Gasteiger charge is 2.09. The molecule has 6 nitrogen and oxygen atoms in total. The number of para-hydroxylation sites is 3. The van der Waals surface area contributed by atoms with Gasteiger partial charge in [0.15, 0.2) is 17.2 Å². The van der Waals surface area contributed by atoms with E-state index in [1.807, 2.05) is 54.6 Å². The summed E-state index contributed by atoms with van der Waals surface area (Å²) in [7, 11) is 3.13.